The van der Waals surface area contributed by atoms with Crippen LogP contribution in [0.25, 0.3) is 0 Å². The highest BCUT2D eigenvalue weighted by atomic mass is 16.6. The van der Waals surface area contributed by atoms with Crippen molar-refractivity contribution in [2.24, 2.45) is 10.7 Å². The molecular weight excluding hydrogens is 164 g/mol. The van der Waals surface area contributed by atoms with Crippen molar-refractivity contribution in [2.75, 3.05) is 6.61 Å². The maximum absolute atomic E-state index is 9.44. The van der Waals surface area contributed by atoms with E-state index in [1.165, 1.54) is 0 Å². The molecule has 2 heterocycles. The van der Waals surface area contributed by atoms with Gasteiger partial charge in [-0.3, -0.25) is 0 Å². The second kappa shape index (κ2) is 2.58. The SMILES string of the molecule is NC1=NC2O[C@H](CO)[C@@H](O)[C@H]2O1. The number of aliphatic hydroxyl groups is 2. The van der Waals surface area contributed by atoms with Crippen LogP contribution in [0.3, 0.4) is 0 Å². The normalized spacial score (nSPS) is 45.3. The van der Waals surface area contributed by atoms with Gasteiger partial charge in [-0.1, -0.05) is 0 Å². The third kappa shape index (κ3) is 0.961. The monoisotopic (exact) mass is 174 g/mol. The Kier molecular flexibility index (Phi) is 1.67. The molecule has 2 aliphatic heterocycles. The highest BCUT2D eigenvalue weighted by Crippen LogP contribution is 2.28. The van der Waals surface area contributed by atoms with E-state index in [0.29, 0.717) is 0 Å². The summed E-state index contributed by atoms with van der Waals surface area (Å²) in [6, 6.07) is 0.0282. The molecule has 0 spiro atoms. The molecule has 6 heteroatoms. The van der Waals surface area contributed by atoms with Crippen LogP contribution in [0.2, 0.25) is 0 Å². The molecule has 1 saturated heterocycles. The van der Waals surface area contributed by atoms with Crippen LogP contribution < -0.4 is 5.73 Å². The lowest BCUT2D eigenvalue weighted by Gasteiger charge is -2.13. The lowest BCUT2D eigenvalue weighted by molar-refractivity contribution is -0.0206. The average Bonchev–Trinajstić information content (AvgIpc) is 2.51. The Balaban J connectivity index is 2.10. The molecule has 2 aliphatic rings. The Morgan fingerprint density at radius 2 is 2.33 bits per heavy atom. The van der Waals surface area contributed by atoms with Gasteiger partial charge in [-0.2, -0.15) is 4.99 Å². The van der Waals surface area contributed by atoms with Crippen molar-refractivity contribution in [1.29, 1.82) is 0 Å². The minimum absolute atomic E-state index is 0.0282. The van der Waals surface area contributed by atoms with Crippen molar-refractivity contribution < 1.29 is 19.7 Å². The lowest BCUT2D eigenvalue weighted by atomic mass is 10.1. The molecule has 0 aromatic heterocycles. The molecule has 68 valence electrons. The minimum Gasteiger partial charge on any atom is -0.454 e. The van der Waals surface area contributed by atoms with Crippen LogP contribution in [0.5, 0.6) is 0 Å². The summed E-state index contributed by atoms with van der Waals surface area (Å²) in [5, 5.41) is 18.2. The van der Waals surface area contributed by atoms with E-state index in [9.17, 15) is 5.11 Å². The van der Waals surface area contributed by atoms with E-state index >= 15 is 0 Å². The van der Waals surface area contributed by atoms with E-state index in [4.69, 9.17) is 20.3 Å². The Morgan fingerprint density at radius 1 is 1.58 bits per heavy atom. The van der Waals surface area contributed by atoms with E-state index in [0.717, 1.165) is 0 Å². The predicted molar refractivity (Wildman–Crippen MR) is 38.2 cm³/mol. The van der Waals surface area contributed by atoms with Crippen LogP contribution in [0.15, 0.2) is 4.99 Å². The first-order valence-corrected chi connectivity index (χ1v) is 3.66. The van der Waals surface area contributed by atoms with E-state index in [2.05, 4.69) is 4.99 Å². The summed E-state index contributed by atoms with van der Waals surface area (Å²) in [5.41, 5.74) is 5.25. The van der Waals surface area contributed by atoms with Gasteiger partial charge < -0.3 is 25.4 Å². The van der Waals surface area contributed by atoms with Gasteiger partial charge in [0.05, 0.1) is 6.61 Å². The fraction of sp³-hybridized carbons (Fsp3) is 0.833. The molecule has 0 aromatic carbocycles. The van der Waals surface area contributed by atoms with Crippen LogP contribution in [0.4, 0.5) is 0 Å². The summed E-state index contributed by atoms with van der Waals surface area (Å²) >= 11 is 0. The Bertz CT molecular complexity index is 220. The molecule has 1 unspecified atom stereocenters. The molecular formula is C6H10N2O4. The van der Waals surface area contributed by atoms with Gasteiger partial charge in [0.1, 0.15) is 12.2 Å². The van der Waals surface area contributed by atoms with Gasteiger partial charge in [-0.15, -0.1) is 0 Å². The van der Waals surface area contributed by atoms with Crippen LogP contribution in [0.1, 0.15) is 0 Å². The highest BCUT2D eigenvalue weighted by Gasteiger charge is 2.48. The predicted octanol–water partition coefficient (Wildman–Crippen LogP) is -2.22. The molecule has 0 radical (unpaired) electrons. The van der Waals surface area contributed by atoms with Crippen LogP contribution in [0, 0.1) is 0 Å². The molecule has 0 amide bonds. The van der Waals surface area contributed by atoms with Crippen LogP contribution in [-0.2, 0) is 9.47 Å². The largest absolute Gasteiger partial charge is 0.454 e. The number of nitrogens with two attached hydrogens (primary N) is 1. The number of hydrogen-bond donors (Lipinski definition) is 3. The van der Waals surface area contributed by atoms with Crippen molar-refractivity contribution in [3.05, 3.63) is 0 Å². The Labute approximate surface area is 68.6 Å². The van der Waals surface area contributed by atoms with Crippen molar-refractivity contribution in [3.63, 3.8) is 0 Å². The summed E-state index contributed by atoms with van der Waals surface area (Å²) in [7, 11) is 0. The number of aliphatic hydroxyl groups excluding tert-OH is 2. The molecule has 2 rings (SSSR count). The summed E-state index contributed by atoms with van der Waals surface area (Å²) in [5.74, 6) is 0. The van der Waals surface area contributed by atoms with Gasteiger partial charge in [0.25, 0.3) is 6.02 Å². The second-order valence-electron chi connectivity index (χ2n) is 2.79. The van der Waals surface area contributed by atoms with Gasteiger partial charge in [-0.05, 0) is 0 Å². The number of fused-ring (bicyclic) bond motifs is 1. The minimum atomic E-state index is -0.857. The first-order valence-electron chi connectivity index (χ1n) is 3.66. The number of ether oxygens (including phenoxy) is 2. The number of hydrogen-bond acceptors (Lipinski definition) is 6. The topological polar surface area (TPSA) is 97.3 Å². The van der Waals surface area contributed by atoms with E-state index in [1.807, 2.05) is 0 Å². The molecule has 4 N–H and O–H groups in total. The smallest absolute Gasteiger partial charge is 0.285 e. The third-order valence-electron chi connectivity index (χ3n) is 2.00. The fourth-order valence-electron chi connectivity index (χ4n) is 1.40. The third-order valence-corrected chi connectivity index (χ3v) is 2.00. The van der Waals surface area contributed by atoms with E-state index in [-0.39, 0.29) is 12.6 Å². The zero-order chi connectivity index (χ0) is 8.72. The van der Waals surface area contributed by atoms with Crippen molar-refractivity contribution in [2.45, 2.75) is 24.5 Å². The molecule has 0 aliphatic carbocycles. The second-order valence-corrected chi connectivity index (χ2v) is 2.79. The summed E-state index contributed by atoms with van der Waals surface area (Å²) in [6.07, 6.45) is -2.58. The van der Waals surface area contributed by atoms with E-state index in [1.54, 1.807) is 0 Å². The molecule has 12 heavy (non-hydrogen) atoms. The number of amidine groups is 1. The molecule has 4 atom stereocenters. The Morgan fingerprint density at radius 3 is 2.92 bits per heavy atom. The molecule has 1 fully saturated rings. The maximum Gasteiger partial charge on any atom is 0.285 e. The van der Waals surface area contributed by atoms with Crippen molar-refractivity contribution in [3.8, 4) is 0 Å². The zero-order valence-electron chi connectivity index (χ0n) is 6.25. The summed E-state index contributed by atoms with van der Waals surface area (Å²) in [4.78, 5) is 3.78. The summed E-state index contributed by atoms with van der Waals surface area (Å²) < 4.78 is 10.1. The average molecular weight is 174 g/mol. The molecule has 6 nitrogen and oxygen atoms in total. The van der Waals surface area contributed by atoms with Crippen LogP contribution >= 0.6 is 0 Å². The number of rotatable bonds is 1. The first kappa shape index (κ1) is 7.78. The lowest BCUT2D eigenvalue weighted by Crippen LogP contribution is -2.35. The zero-order valence-corrected chi connectivity index (χ0v) is 6.25. The van der Waals surface area contributed by atoms with Crippen LogP contribution in [-0.4, -0.2) is 47.4 Å². The first-order chi connectivity index (χ1) is 5.72. The van der Waals surface area contributed by atoms with Gasteiger partial charge in [0, 0.05) is 0 Å². The quantitative estimate of drug-likeness (QED) is 0.418. The standard InChI is InChI=1S/C6H10N2O4/c7-6-8-5-4(12-6)3(10)2(1-9)11-5/h2-5,9-10H,1H2,(H2,7,8)/t2-,3-,4-,5?/m1/s1. The highest BCUT2D eigenvalue weighted by molar-refractivity contribution is 5.73. The maximum atomic E-state index is 9.44. The van der Waals surface area contributed by atoms with Gasteiger partial charge in [-0.25, -0.2) is 0 Å². The number of nitrogens with zero attached hydrogens (tertiary/aromatic N) is 1. The molecule has 0 saturated carbocycles. The summed E-state index contributed by atoms with van der Waals surface area (Å²) in [6.45, 7) is -0.243. The number of aliphatic imine (C=N–C) groups is 1. The Hall–Kier alpha value is -0.850. The van der Waals surface area contributed by atoms with Crippen molar-refractivity contribution in [1.82, 2.24) is 0 Å². The molecule has 0 aromatic rings. The van der Waals surface area contributed by atoms with Crippen molar-refractivity contribution >= 4 is 6.02 Å². The van der Waals surface area contributed by atoms with Gasteiger partial charge in [0.15, 0.2) is 12.3 Å². The van der Waals surface area contributed by atoms with Gasteiger partial charge in [0.2, 0.25) is 0 Å². The van der Waals surface area contributed by atoms with E-state index < -0.39 is 24.5 Å². The van der Waals surface area contributed by atoms with Gasteiger partial charge >= 0.3 is 0 Å². The molecule has 0 bridgehead atoms. The fourth-order valence-corrected chi connectivity index (χ4v) is 1.40.